The summed E-state index contributed by atoms with van der Waals surface area (Å²) in [6.07, 6.45) is 74.0. The van der Waals surface area contributed by atoms with Crippen molar-refractivity contribution >= 4 is 5.91 Å². The molecule has 1 rings (SSSR count). The van der Waals surface area contributed by atoms with E-state index in [1.807, 2.05) is 0 Å². The number of amides is 1. The highest BCUT2D eigenvalue weighted by molar-refractivity contribution is 5.80. The fourth-order valence-corrected chi connectivity index (χ4v) is 12.5. The summed E-state index contributed by atoms with van der Waals surface area (Å²) in [4.78, 5) is 13.3. The maximum atomic E-state index is 13.3. The molecule has 0 aromatic carbocycles. The summed E-state index contributed by atoms with van der Waals surface area (Å²) < 4.78 is 11.2. The van der Waals surface area contributed by atoms with Crippen LogP contribution in [0.25, 0.3) is 0 Å². The Bertz CT molecular complexity index is 1530. The minimum Gasteiger partial charge on any atom is -0.394 e. The maximum absolute atomic E-state index is 13.3. The van der Waals surface area contributed by atoms with E-state index in [1.54, 1.807) is 0 Å². The monoisotopic (exact) mass is 1250 g/mol. The van der Waals surface area contributed by atoms with Gasteiger partial charge < -0.3 is 50.5 Å². The molecule has 520 valence electrons. The van der Waals surface area contributed by atoms with E-state index in [0.717, 1.165) is 38.5 Å². The van der Waals surface area contributed by atoms with Crippen LogP contribution in [0.1, 0.15) is 380 Å². The van der Waals surface area contributed by atoms with Crippen LogP contribution in [-0.2, 0) is 14.3 Å². The van der Waals surface area contributed by atoms with Gasteiger partial charge in [0.15, 0.2) is 6.29 Å². The Morgan fingerprint density at radius 1 is 0.386 bits per heavy atom. The highest BCUT2D eigenvalue weighted by atomic mass is 16.7. The molecule has 88 heavy (non-hydrogen) atoms. The molecule has 1 aliphatic rings. The lowest BCUT2D eigenvalue weighted by Crippen LogP contribution is -2.60. The van der Waals surface area contributed by atoms with Gasteiger partial charge in [-0.1, -0.05) is 339 Å². The van der Waals surface area contributed by atoms with Crippen LogP contribution in [0, 0.1) is 0 Å². The van der Waals surface area contributed by atoms with Gasteiger partial charge in [-0.2, -0.15) is 0 Å². The minimum absolute atomic E-state index is 0.248. The van der Waals surface area contributed by atoms with E-state index < -0.39 is 74.2 Å². The SMILES string of the molecule is CCCCCCCCCCCCCC/C=C\CCCCCCCCCCCCCCCCCCC(O)C(=O)NC(COC1OC(CO)C(O)C(O)C1O)C(O)C(O)CCC/C=C/CC/C=C/CCCCCCCCCCCCCCCCCCCCCC. The molecule has 0 aromatic heterocycles. The molecule has 1 heterocycles. The molecule has 0 aliphatic carbocycles. The maximum Gasteiger partial charge on any atom is 0.249 e. The number of carbonyl (C=O) groups excluding carboxylic acids is 1. The van der Waals surface area contributed by atoms with Crippen molar-refractivity contribution in [2.75, 3.05) is 13.2 Å². The molecule has 1 fully saturated rings. The van der Waals surface area contributed by atoms with Gasteiger partial charge in [-0.05, 0) is 77.0 Å². The first-order chi connectivity index (χ1) is 43.2. The zero-order chi connectivity index (χ0) is 63.9. The normalized spacial score (nSPS) is 18.8. The molecule has 1 aliphatic heterocycles. The van der Waals surface area contributed by atoms with Gasteiger partial charge in [0.05, 0.1) is 25.4 Å². The molecule has 9 unspecified atom stereocenters. The Kier molecular flexibility index (Phi) is 62.7. The lowest BCUT2D eigenvalue weighted by Gasteiger charge is -2.40. The molecular weight excluding hydrogens is 1100 g/mol. The largest absolute Gasteiger partial charge is 0.394 e. The Morgan fingerprint density at radius 2 is 0.682 bits per heavy atom. The lowest BCUT2D eigenvalue weighted by atomic mass is 9.98. The van der Waals surface area contributed by atoms with Gasteiger partial charge in [0, 0.05) is 0 Å². The van der Waals surface area contributed by atoms with E-state index >= 15 is 0 Å². The molecule has 9 atom stereocenters. The smallest absolute Gasteiger partial charge is 0.249 e. The van der Waals surface area contributed by atoms with Crippen molar-refractivity contribution in [3.05, 3.63) is 36.5 Å². The number of hydrogen-bond donors (Lipinski definition) is 8. The van der Waals surface area contributed by atoms with Gasteiger partial charge in [-0.25, -0.2) is 0 Å². The first-order valence-electron chi connectivity index (χ1n) is 38.4. The zero-order valence-electron chi connectivity index (χ0n) is 57.7. The van der Waals surface area contributed by atoms with Crippen molar-refractivity contribution in [2.45, 2.75) is 435 Å². The van der Waals surface area contributed by atoms with Crippen molar-refractivity contribution in [2.24, 2.45) is 0 Å². The predicted molar refractivity (Wildman–Crippen MR) is 372 cm³/mol. The molecule has 1 amide bonds. The summed E-state index contributed by atoms with van der Waals surface area (Å²) in [6, 6.07) is -1.19. The van der Waals surface area contributed by atoms with E-state index in [1.165, 1.54) is 295 Å². The van der Waals surface area contributed by atoms with E-state index in [9.17, 15) is 40.5 Å². The summed E-state index contributed by atoms with van der Waals surface area (Å²) >= 11 is 0. The second-order valence-corrected chi connectivity index (χ2v) is 27.1. The summed E-state index contributed by atoms with van der Waals surface area (Å²) in [6.45, 7) is 3.50. The van der Waals surface area contributed by atoms with Crippen molar-refractivity contribution < 1.29 is 50.0 Å². The summed E-state index contributed by atoms with van der Waals surface area (Å²) in [5.41, 5.74) is 0. The second-order valence-electron chi connectivity index (χ2n) is 27.1. The number of aliphatic hydroxyl groups is 7. The van der Waals surface area contributed by atoms with E-state index in [4.69, 9.17) is 9.47 Å². The molecular formula is C77H147NO10. The third-order valence-electron chi connectivity index (χ3n) is 18.6. The standard InChI is InChI=1S/C77H147NO10/c1-3-5-7-9-11-13-15-17-19-21-23-25-27-29-31-33-34-35-37-39-41-43-45-47-49-51-53-55-57-59-61-63-65-70(81)76(86)78-68(67-87-77-75(85)74(84)73(83)71(66-79)88-77)72(82)69(80)64-62-60-58-56-54-52-50-48-46-44-42-40-38-36-32-30-28-26-24-22-20-18-16-14-12-10-8-6-4-2/h29,31,48,50,56,58,68-75,77,79-85H,3-28,30,32-47,49,51-55,57,59-67H2,1-2H3,(H,78,86)/b31-29-,50-48+,58-56+. The third-order valence-corrected chi connectivity index (χ3v) is 18.6. The average Bonchev–Trinajstić information content (AvgIpc) is 3.73. The number of hydrogen-bond acceptors (Lipinski definition) is 10. The number of rotatable bonds is 68. The van der Waals surface area contributed by atoms with Crippen molar-refractivity contribution in [1.29, 1.82) is 0 Å². The van der Waals surface area contributed by atoms with Gasteiger partial charge in [0.25, 0.3) is 0 Å². The summed E-state index contributed by atoms with van der Waals surface area (Å²) in [7, 11) is 0. The van der Waals surface area contributed by atoms with E-state index in [2.05, 4.69) is 55.6 Å². The Labute approximate surface area is 543 Å². The summed E-state index contributed by atoms with van der Waals surface area (Å²) in [5, 5.41) is 76.6. The zero-order valence-corrected chi connectivity index (χ0v) is 57.7. The Balaban J connectivity index is 2.18. The van der Waals surface area contributed by atoms with Crippen LogP contribution in [0.5, 0.6) is 0 Å². The Morgan fingerprint density at radius 3 is 1.01 bits per heavy atom. The van der Waals surface area contributed by atoms with Crippen LogP contribution < -0.4 is 5.32 Å². The number of unbranched alkanes of at least 4 members (excludes halogenated alkanes) is 50. The molecule has 11 nitrogen and oxygen atoms in total. The molecule has 0 spiro atoms. The molecule has 0 aromatic rings. The van der Waals surface area contributed by atoms with Gasteiger partial charge in [-0.3, -0.25) is 4.79 Å². The predicted octanol–water partition coefficient (Wildman–Crippen LogP) is 19.3. The van der Waals surface area contributed by atoms with Gasteiger partial charge >= 0.3 is 0 Å². The topological polar surface area (TPSA) is 189 Å². The fraction of sp³-hybridized carbons (Fsp3) is 0.909. The molecule has 0 saturated carbocycles. The highest BCUT2D eigenvalue weighted by Crippen LogP contribution is 2.24. The van der Waals surface area contributed by atoms with E-state index in [-0.39, 0.29) is 12.8 Å². The first kappa shape index (κ1) is 84.3. The van der Waals surface area contributed by atoms with Crippen LogP contribution in [0.15, 0.2) is 36.5 Å². The molecule has 0 radical (unpaired) electrons. The van der Waals surface area contributed by atoms with E-state index in [0.29, 0.717) is 19.3 Å². The highest BCUT2D eigenvalue weighted by Gasteiger charge is 2.44. The van der Waals surface area contributed by atoms with Gasteiger partial charge in [0.1, 0.15) is 36.6 Å². The first-order valence-corrected chi connectivity index (χ1v) is 38.4. The summed E-state index contributed by atoms with van der Waals surface area (Å²) in [5.74, 6) is -0.704. The lowest BCUT2D eigenvalue weighted by molar-refractivity contribution is -0.303. The second kappa shape index (κ2) is 65.4. The van der Waals surface area contributed by atoms with Gasteiger partial charge in [-0.15, -0.1) is 0 Å². The number of ether oxygens (including phenoxy) is 2. The number of allylic oxidation sites excluding steroid dienone is 6. The third kappa shape index (κ3) is 51.8. The molecule has 0 bridgehead atoms. The molecule has 1 saturated heterocycles. The fourth-order valence-electron chi connectivity index (χ4n) is 12.5. The number of carbonyl (C=O) groups is 1. The van der Waals surface area contributed by atoms with Crippen molar-refractivity contribution in [3.63, 3.8) is 0 Å². The number of aliphatic hydroxyl groups excluding tert-OH is 7. The van der Waals surface area contributed by atoms with Crippen LogP contribution in [0.2, 0.25) is 0 Å². The molecule has 11 heteroatoms. The van der Waals surface area contributed by atoms with Crippen LogP contribution in [0.3, 0.4) is 0 Å². The van der Waals surface area contributed by atoms with Crippen molar-refractivity contribution in [3.8, 4) is 0 Å². The number of nitrogens with one attached hydrogen (secondary N) is 1. The van der Waals surface area contributed by atoms with Crippen molar-refractivity contribution in [1.82, 2.24) is 5.32 Å². The van der Waals surface area contributed by atoms with Crippen LogP contribution in [-0.4, -0.2) is 110 Å². The molecule has 8 N–H and O–H groups in total. The quantitative estimate of drug-likeness (QED) is 0.0215. The average molecular weight is 1250 g/mol. The van der Waals surface area contributed by atoms with Crippen LogP contribution in [0.4, 0.5) is 0 Å². The van der Waals surface area contributed by atoms with Crippen LogP contribution >= 0.6 is 0 Å². The minimum atomic E-state index is -1.67. The van der Waals surface area contributed by atoms with Gasteiger partial charge in [0.2, 0.25) is 5.91 Å². The Hall–Kier alpha value is -1.67.